The van der Waals surface area contributed by atoms with Gasteiger partial charge in [0.15, 0.2) is 0 Å². The quantitative estimate of drug-likeness (QED) is 0.812. The van der Waals surface area contributed by atoms with Crippen molar-refractivity contribution < 1.29 is 9.90 Å². The van der Waals surface area contributed by atoms with Gasteiger partial charge in [0.2, 0.25) is 5.91 Å². The third-order valence-corrected chi connectivity index (χ3v) is 4.49. The van der Waals surface area contributed by atoms with Crippen LogP contribution in [0.1, 0.15) is 33.1 Å². The molecular formula is C14H26N2O2. The molecule has 0 aromatic carbocycles. The number of hydrogen-bond donors (Lipinski definition) is 1. The van der Waals surface area contributed by atoms with Gasteiger partial charge < -0.3 is 14.9 Å². The molecule has 2 fully saturated rings. The van der Waals surface area contributed by atoms with E-state index in [4.69, 9.17) is 0 Å². The van der Waals surface area contributed by atoms with Crippen molar-refractivity contribution in [3.8, 4) is 0 Å². The highest BCUT2D eigenvalue weighted by Crippen LogP contribution is 2.22. The van der Waals surface area contributed by atoms with Gasteiger partial charge in [-0.3, -0.25) is 4.79 Å². The summed E-state index contributed by atoms with van der Waals surface area (Å²) in [4.78, 5) is 15.6. The highest BCUT2D eigenvalue weighted by atomic mass is 16.3. The molecule has 18 heavy (non-hydrogen) atoms. The van der Waals surface area contributed by atoms with Crippen LogP contribution in [-0.2, 0) is 4.79 Å². The number of amides is 1. The fraction of sp³-hybridized carbons (Fsp3) is 0.929. The van der Waals surface area contributed by atoms with Crippen molar-refractivity contribution in [2.24, 2.45) is 11.8 Å². The Morgan fingerprint density at radius 1 is 1.28 bits per heavy atom. The van der Waals surface area contributed by atoms with Crippen molar-refractivity contribution in [1.29, 1.82) is 0 Å². The molecule has 1 N–H and O–H groups in total. The number of nitrogens with zero attached hydrogens (tertiary/aromatic N) is 2. The van der Waals surface area contributed by atoms with Gasteiger partial charge in [-0.05, 0) is 31.2 Å². The first kappa shape index (κ1) is 13.8. The second-order valence-corrected chi connectivity index (χ2v) is 6.10. The van der Waals surface area contributed by atoms with Crippen LogP contribution in [0.25, 0.3) is 0 Å². The van der Waals surface area contributed by atoms with E-state index in [1.165, 1.54) is 6.42 Å². The van der Waals surface area contributed by atoms with Crippen LogP contribution in [0.15, 0.2) is 0 Å². The Kier molecular flexibility index (Phi) is 4.62. The highest BCUT2D eigenvalue weighted by molar-refractivity contribution is 5.78. The summed E-state index contributed by atoms with van der Waals surface area (Å²) in [6.45, 7) is 8.79. The van der Waals surface area contributed by atoms with Crippen LogP contribution in [-0.4, -0.2) is 59.6 Å². The summed E-state index contributed by atoms with van der Waals surface area (Å²) in [5.41, 5.74) is 0. The Morgan fingerprint density at radius 3 is 2.67 bits per heavy atom. The van der Waals surface area contributed by atoms with Crippen LogP contribution in [0.4, 0.5) is 0 Å². The second-order valence-electron chi connectivity index (χ2n) is 6.10. The minimum absolute atomic E-state index is 0.203. The molecule has 3 unspecified atom stereocenters. The average Bonchev–Trinajstić information content (AvgIpc) is 2.70. The van der Waals surface area contributed by atoms with Gasteiger partial charge in [0.05, 0.1) is 6.10 Å². The Bertz CT molecular complexity index is 296. The fourth-order valence-corrected chi connectivity index (χ4v) is 3.02. The second kappa shape index (κ2) is 6.02. The van der Waals surface area contributed by atoms with Gasteiger partial charge in [-0.15, -0.1) is 0 Å². The number of hydrogen-bond acceptors (Lipinski definition) is 3. The molecule has 0 bridgehead atoms. The molecule has 2 rings (SSSR count). The van der Waals surface area contributed by atoms with Gasteiger partial charge >= 0.3 is 0 Å². The highest BCUT2D eigenvalue weighted by Gasteiger charge is 2.26. The number of piperidine rings is 1. The number of rotatable bonds is 4. The molecule has 0 aliphatic carbocycles. The summed E-state index contributed by atoms with van der Waals surface area (Å²) in [6, 6.07) is 0. The molecule has 0 aromatic rings. The summed E-state index contributed by atoms with van der Waals surface area (Å²) >= 11 is 0. The Morgan fingerprint density at radius 2 is 2.06 bits per heavy atom. The van der Waals surface area contributed by atoms with Crippen LogP contribution in [0.5, 0.6) is 0 Å². The van der Waals surface area contributed by atoms with Crippen LogP contribution >= 0.6 is 0 Å². The lowest BCUT2D eigenvalue weighted by Gasteiger charge is -2.36. The molecule has 2 heterocycles. The smallest absolute Gasteiger partial charge is 0.222 e. The van der Waals surface area contributed by atoms with E-state index in [-0.39, 0.29) is 5.91 Å². The van der Waals surface area contributed by atoms with E-state index >= 15 is 0 Å². The summed E-state index contributed by atoms with van der Waals surface area (Å²) < 4.78 is 0. The summed E-state index contributed by atoms with van der Waals surface area (Å²) in [5.74, 6) is 1.70. The Balaban J connectivity index is 1.74. The molecule has 104 valence electrons. The number of carbonyl (C=O) groups is 1. The van der Waals surface area contributed by atoms with Crippen molar-refractivity contribution in [2.75, 3.05) is 32.7 Å². The van der Waals surface area contributed by atoms with Crippen LogP contribution in [0.2, 0.25) is 0 Å². The number of aliphatic hydroxyl groups excluding tert-OH is 1. The molecule has 1 amide bonds. The minimum Gasteiger partial charge on any atom is -0.390 e. The molecule has 0 saturated carbocycles. The summed E-state index contributed by atoms with van der Waals surface area (Å²) in [5, 5.41) is 10.1. The molecule has 2 aliphatic rings. The molecular weight excluding hydrogens is 228 g/mol. The monoisotopic (exact) mass is 254 g/mol. The molecule has 0 aromatic heterocycles. The van der Waals surface area contributed by atoms with Gasteiger partial charge in [0, 0.05) is 32.6 Å². The fourth-order valence-electron chi connectivity index (χ4n) is 3.02. The van der Waals surface area contributed by atoms with Crippen molar-refractivity contribution in [2.45, 2.75) is 39.2 Å². The average molecular weight is 254 g/mol. The summed E-state index contributed by atoms with van der Waals surface area (Å²) in [7, 11) is 0. The zero-order valence-electron chi connectivity index (χ0n) is 11.6. The lowest BCUT2D eigenvalue weighted by Crippen LogP contribution is -2.45. The first-order valence-corrected chi connectivity index (χ1v) is 7.24. The summed E-state index contributed by atoms with van der Waals surface area (Å²) in [6.07, 6.45) is 2.43. The molecule has 3 atom stereocenters. The van der Waals surface area contributed by atoms with Crippen molar-refractivity contribution in [1.82, 2.24) is 9.80 Å². The number of likely N-dealkylation sites (tertiary alicyclic amines) is 2. The SMILES string of the molecule is CC1CCN(CC(O)CN2CCCC2=O)CC1C. The zero-order chi connectivity index (χ0) is 13.1. The zero-order valence-corrected chi connectivity index (χ0v) is 11.6. The maximum atomic E-state index is 11.5. The lowest BCUT2D eigenvalue weighted by molar-refractivity contribution is -0.129. The van der Waals surface area contributed by atoms with Gasteiger partial charge in [0.1, 0.15) is 0 Å². The number of β-amino-alcohol motifs (C(OH)–C–C–N with tert-alkyl or cyclic N) is 1. The molecule has 4 nitrogen and oxygen atoms in total. The minimum atomic E-state index is -0.396. The van der Waals surface area contributed by atoms with E-state index in [1.807, 2.05) is 0 Å². The van der Waals surface area contributed by atoms with Crippen molar-refractivity contribution in [3.63, 3.8) is 0 Å². The van der Waals surface area contributed by atoms with Gasteiger partial charge in [-0.2, -0.15) is 0 Å². The topological polar surface area (TPSA) is 43.8 Å². The predicted molar refractivity (Wildman–Crippen MR) is 71.2 cm³/mol. The lowest BCUT2D eigenvalue weighted by atomic mass is 9.88. The van der Waals surface area contributed by atoms with Gasteiger partial charge in [-0.25, -0.2) is 0 Å². The maximum absolute atomic E-state index is 11.5. The number of carbonyl (C=O) groups excluding carboxylic acids is 1. The van der Waals surface area contributed by atoms with Crippen LogP contribution < -0.4 is 0 Å². The Labute approximate surface area is 110 Å². The Hall–Kier alpha value is -0.610. The van der Waals surface area contributed by atoms with E-state index in [2.05, 4.69) is 18.7 Å². The van der Waals surface area contributed by atoms with E-state index in [1.54, 1.807) is 4.90 Å². The standard InChI is InChI=1S/C14H26N2O2/c1-11-5-7-15(8-12(11)2)9-13(17)10-16-6-3-4-14(16)18/h11-13,17H,3-10H2,1-2H3. The van der Waals surface area contributed by atoms with Crippen molar-refractivity contribution >= 4 is 5.91 Å². The van der Waals surface area contributed by atoms with Crippen LogP contribution in [0.3, 0.4) is 0 Å². The maximum Gasteiger partial charge on any atom is 0.222 e. The van der Waals surface area contributed by atoms with Crippen LogP contribution in [0, 0.1) is 11.8 Å². The normalized spacial score (nSPS) is 31.9. The van der Waals surface area contributed by atoms with E-state index < -0.39 is 6.10 Å². The number of aliphatic hydroxyl groups is 1. The predicted octanol–water partition coefficient (Wildman–Crippen LogP) is 0.948. The molecule has 2 saturated heterocycles. The van der Waals surface area contributed by atoms with E-state index in [0.717, 1.165) is 32.0 Å². The molecule has 4 heteroatoms. The van der Waals surface area contributed by atoms with Gasteiger partial charge in [0.25, 0.3) is 0 Å². The first-order chi connectivity index (χ1) is 8.56. The third kappa shape index (κ3) is 3.45. The first-order valence-electron chi connectivity index (χ1n) is 7.24. The molecule has 0 spiro atoms. The van der Waals surface area contributed by atoms with Gasteiger partial charge in [-0.1, -0.05) is 13.8 Å². The van der Waals surface area contributed by atoms with E-state index in [0.29, 0.717) is 25.4 Å². The largest absolute Gasteiger partial charge is 0.390 e. The van der Waals surface area contributed by atoms with E-state index in [9.17, 15) is 9.90 Å². The molecule has 0 radical (unpaired) electrons. The molecule has 2 aliphatic heterocycles. The van der Waals surface area contributed by atoms with Crippen molar-refractivity contribution in [3.05, 3.63) is 0 Å². The third-order valence-electron chi connectivity index (χ3n) is 4.49.